The number of rotatable bonds is 5. The van der Waals surface area contributed by atoms with E-state index in [1.807, 2.05) is 16.4 Å². The van der Waals surface area contributed by atoms with Crippen molar-refractivity contribution in [1.29, 1.82) is 0 Å². The van der Waals surface area contributed by atoms with Crippen LogP contribution in [0.5, 0.6) is 0 Å². The first-order chi connectivity index (χ1) is 12.0. The molecule has 4 aliphatic rings. The van der Waals surface area contributed by atoms with Crippen molar-refractivity contribution in [3.8, 4) is 0 Å². The average Bonchev–Trinajstić information content (AvgIpc) is 3.17. The van der Waals surface area contributed by atoms with E-state index in [4.69, 9.17) is 0 Å². The lowest BCUT2D eigenvalue weighted by Gasteiger charge is -2.62. The van der Waals surface area contributed by atoms with Gasteiger partial charge in [0.15, 0.2) is 5.82 Å². The van der Waals surface area contributed by atoms with Crippen molar-refractivity contribution in [3.05, 3.63) is 18.5 Å². The Hall–Kier alpha value is -1.83. The van der Waals surface area contributed by atoms with Crippen LogP contribution in [0.25, 0.3) is 0 Å². The van der Waals surface area contributed by atoms with E-state index in [1.165, 1.54) is 32.1 Å². The molecule has 0 aromatic carbocycles. The van der Waals surface area contributed by atoms with Crippen LogP contribution in [0.4, 0.5) is 0 Å². The van der Waals surface area contributed by atoms with E-state index in [0.717, 1.165) is 30.6 Å². The minimum atomic E-state index is 0.0608. The molecule has 2 aromatic heterocycles. The van der Waals surface area contributed by atoms with Crippen molar-refractivity contribution < 1.29 is 0 Å². The molecule has 2 aromatic rings. The molecule has 134 valence electrons. The van der Waals surface area contributed by atoms with Crippen LogP contribution >= 0.6 is 0 Å². The van der Waals surface area contributed by atoms with Crippen LogP contribution < -0.4 is 5.32 Å². The van der Waals surface area contributed by atoms with Crippen molar-refractivity contribution in [3.63, 3.8) is 0 Å². The fourth-order valence-electron chi connectivity index (χ4n) is 6.28. The molecule has 0 amide bonds. The smallest absolute Gasteiger partial charge is 0.171 e. The van der Waals surface area contributed by atoms with Gasteiger partial charge < -0.3 is 5.32 Å². The average molecular weight is 342 g/mol. The van der Waals surface area contributed by atoms with Gasteiger partial charge in [0, 0.05) is 11.6 Å². The molecule has 4 saturated carbocycles. The van der Waals surface area contributed by atoms with Gasteiger partial charge in [-0.15, -0.1) is 10.2 Å². The van der Waals surface area contributed by atoms with Gasteiger partial charge in [-0.05, 0) is 69.4 Å². The predicted molar refractivity (Wildman–Crippen MR) is 90.6 cm³/mol. The van der Waals surface area contributed by atoms with Gasteiger partial charge in [-0.3, -0.25) is 4.68 Å². The summed E-state index contributed by atoms with van der Waals surface area (Å²) in [7, 11) is 0. The molecule has 4 aliphatic carbocycles. The van der Waals surface area contributed by atoms with Crippen molar-refractivity contribution in [2.75, 3.05) is 0 Å². The summed E-state index contributed by atoms with van der Waals surface area (Å²) < 4.78 is 1.91. The second-order valence-electron chi connectivity index (χ2n) is 8.75. The third-order valence-electron chi connectivity index (χ3n) is 6.45. The van der Waals surface area contributed by atoms with E-state index < -0.39 is 0 Å². The molecule has 3 atom stereocenters. The molecule has 0 spiro atoms. The first-order valence-electron chi connectivity index (χ1n) is 9.41. The molecule has 6 rings (SSSR count). The van der Waals surface area contributed by atoms with E-state index in [-0.39, 0.29) is 11.1 Å². The second kappa shape index (κ2) is 5.33. The van der Waals surface area contributed by atoms with Gasteiger partial charge in [-0.2, -0.15) is 9.90 Å². The van der Waals surface area contributed by atoms with Crippen LogP contribution in [0.15, 0.2) is 12.7 Å². The van der Waals surface area contributed by atoms with Gasteiger partial charge in [-0.25, -0.2) is 4.98 Å². The van der Waals surface area contributed by atoms with Crippen molar-refractivity contribution >= 4 is 0 Å². The highest BCUT2D eigenvalue weighted by Crippen LogP contribution is 2.60. The van der Waals surface area contributed by atoms with Crippen LogP contribution in [-0.4, -0.2) is 46.6 Å². The van der Waals surface area contributed by atoms with Gasteiger partial charge >= 0.3 is 0 Å². The van der Waals surface area contributed by atoms with E-state index in [2.05, 4.69) is 37.7 Å². The van der Waals surface area contributed by atoms with E-state index in [1.54, 1.807) is 12.7 Å². The SMILES string of the molecule is Cc1nnn(C23CC4CC(CC(NC(C)Cn5cncn5)(C4)C2)C3)n1. The van der Waals surface area contributed by atoms with E-state index in [0.29, 0.717) is 6.04 Å². The van der Waals surface area contributed by atoms with E-state index >= 15 is 0 Å². The maximum atomic E-state index is 4.62. The number of aromatic nitrogens is 7. The fraction of sp³-hybridized carbons (Fsp3) is 0.824. The van der Waals surface area contributed by atoms with Crippen molar-refractivity contribution in [1.82, 2.24) is 40.3 Å². The van der Waals surface area contributed by atoms with Crippen LogP contribution in [0.2, 0.25) is 0 Å². The maximum Gasteiger partial charge on any atom is 0.171 e. The first kappa shape index (κ1) is 15.4. The van der Waals surface area contributed by atoms with Crippen molar-refractivity contribution in [2.45, 2.75) is 76.0 Å². The largest absolute Gasteiger partial charge is 0.307 e. The van der Waals surface area contributed by atoms with Gasteiger partial charge in [-0.1, -0.05) is 0 Å². The molecule has 8 heteroatoms. The number of nitrogens with zero attached hydrogens (tertiary/aromatic N) is 7. The summed E-state index contributed by atoms with van der Waals surface area (Å²) in [6.07, 6.45) is 10.9. The van der Waals surface area contributed by atoms with Crippen molar-refractivity contribution in [2.24, 2.45) is 11.8 Å². The second-order valence-corrected chi connectivity index (χ2v) is 8.75. The Balaban J connectivity index is 1.40. The number of nitrogens with one attached hydrogen (secondary N) is 1. The summed E-state index contributed by atoms with van der Waals surface area (Å²) in [5.74, 6) is 2.33. The Kier molecular flexibility index (Phi) is 3.29. The monoisotopic (exact) mass is 342 g/mol. The molecule has 4 fully saturated rings. The Morgan fingerprint density at radius 1 is 1.28 bits per heavy atom. The predicted octanol–water partition coefficient (Wildman–Crippen LogP) is 1.30. The van der Waals surface area contributed by atoms with Crippen LogP contribution in [-0.2, 0) is 12.1 Å². The summed E-state index contributed by atoms with van der Waals surface area (Å²) in [5, 5.41) is 21.4. The van der Waals surface area contributed by atoms with Gasteiger partial charge in [0.1, 0.15) is 12.7 Å². The summed E-state index contributed by atoms with van der Waals surface area (Å²) in [4.78, 5) is 6.01. The summed E-state index contributed by atoms with van der Waals surface area (Å²) in [6, 6.07) is 0.362. The summed E-state index contributed by atoms with van der Waals surface area (Å²) in [6.45, 7) is 5.04. The highest BCUT2D eigenvalue weighted by atomic mass is 15.6. The highest BCUT2D eigenvalue weighted by Gasteiger charge is 2.59. The number of tetrazole rings is 1. The van der Waals surface area contributed by atoms with Crippen LogP contribution in [0, 0.1) is 18.8 Å². The number of hydrogen-bond acceptors (Lipinski definition) is 6. The minimum absolute atomic E-state index is 0.0608. The summed E-state index contributed by atoms with van der Waals surface area (Å²) >= 11 is 0. The highest BCUT2D eigenvalue weighted by molar-refractivity contribution is 5.13. The molecular weight excluding hydrogens is 316 g/mol. The number of aryl methyl sites for hydroxylation is 1. The molecule has 8 nitrogen and oxygen atoms in total. The standard InChI is InChI=1S/C17H26N8/c1-12(8-24-11-18-10-19-24)20-16-4-14-3-15(5-16)7-17(6-14,9-16)25-22-13(2)21-23-25/h10-12,14-15,20H,3-9H2,1-2H3. The molecule has 3 unspecified atom stereocenters. The van der Waals surface area contributed by atoms with Gasteiger partial charge in [0.2, 0.25) is 0 Å². The molecular formula is C17H26N8. The molecule has 4 bridgehead atoms. The minimum Gasteiger partial charge on any atom is -0.307 e. The molecule has 0 saturated heterocycles. The third kappa shape index (κ3) is 2.58. The lowest BCUT2D eigenvalue weighted by atomic mass is 9.50. The molecule has 0 radical (unpaired) electrons. The Bertz CT molecular complexity index is 737. The topological polar surface area (TPSA) is 86.3 Å². The zero-order valence-electron chi connectivity index (χ0n) is 15.0. The Morgan fingerprint density at radius 3 is 2.72 bits per heavy atom. The van der Waals surface area contributed by atoms with Gasteiger partial charge in [0.25, 0.3) is 0 Å². The lowest BCUT2D eigenvalue weighted by molar-refractivity contribution is -0.0882. The Labute approximate surface area is 147 Å². The van der Waals surface area contributed by atoms with E-state index in [9.17, 15) is 0 Å². The molecule has 1 N–H and O–H groups in total. The Morgan fingerprint density at radius 2 is 2.08 bits per heavy atom. The normalized spacial score (nSPS) is 37.5. The zero-order chi connectivity index (χ0) is 17.1. The molecule has 0 aliphatic heterocycles. The molecule has 25 heavy (non-hydrogen) atoms. The quantitative estimate of drug-likeness (QED) is 0.881. The zero-order valence-corrected chi connectivity index (χ0v) is 15.0. The third-order valence-corrected chi connectivity index (χ3v) is 6.45. The number of hydrogen-bond donors (Lipinski definition) is 1. The van der Waals surface area contributed by atoms with Gasteiger partial charge in [0.05, 0.1) is 12.1 Å². The fourth-order valence-corrected chi connectivity index (χ4v) is 6.28. The molecule has 2 heterocycles. The van der Waals surface area contributed by atoms with Crippen LogP contribution in [0.1, 0.15) is 51.3 Å². The summed E-state index contributed by atoms with van der Waals surface area (Å²) in [5.41, 5.74) is 0.261. The van der Waals surface area contributed by atoms with Crippen LogP contribution in [0.3, 0.4) is 0 Å². The maximum absolute atomic E-state index is 4.62. The lowest BCUT2D eigenvalue weighted by Crippen LogP contribution is -2.66. The first-order valence-corrected chi connectivity index (χ1v) is 9.41.